The molecular formula is C16H20N4O2S. The summed E-state index contributed by atoms with van der Waals surface area (Å²) >= 11 is 1.62. The predicted molar refractivity (Wildman–Crippen MR) is 88.0 cm³/mol. The van der Waals surface area contributed by atoms with Gasteiger partial charge in [-0.05, 0) is 11.6 Å². The van der Waals surface area contributed by atoms with Crippen LogP contribution in [0.15, 0.2) is 29.9 Å². The van der Waals surface area contributed by atoms with E-state index in [1.165, 1.54) is 0 Å². The molecule has 122 valence electrons. The van der Waals surface area contributed by atoms with Crippen molar-refractivity contribution in [2.45, 2.75) is 19.5 Å². The lowest BCUT2D eigenvalue weighted by atomic mass is 10.2. The van der Waals surface area contributed by atoms with Crippen LogP contribution < -0.4 is 5.32 Å². The highest BCUT2D eigenvalue weighted by Crippen LogP contribution is 2.14. The Morgan fingerprint density at radius 2 is 2.26 bits per heavy atom. The smallest absolute Gasteiger partial charge is 0.226 e. The Balaban J connectivity index is 1.45. The Hall–Kier alpha value is -1.83. The van der Waals surface area contributed by atoms with E-state index in [1.807, 2.05) is 17.5 Å². The van der Waals surface area contributed by atoms with Crippen LogP contribution in [0.5, 0.6) is 0 Å². The van der Waals surface area contributed by atoms with Crippen LogP contribution in [0.2, 0.25) is 0 Å². The SMILES string of the molecule is O=C(Cc1csc(CN2CCOCC2)n1)NCc1cccnc1. The Morgan fingerprint density at radius 3 is 3.04 bits per heavy atom. The fourth-order valence-electron chi connectivity index (χ4n) is 2.38. The van der Waals surface area contributed by atoms with Crippen LogP contribution >= 0.6 is 11.3 Å². The Kier molecular flexibility index (Phi) is 5.68. The molecular weight excluding hydrogens is 312 g/mol. The quantitative estimate of drug-likeness (QED) is 0.862. The number of carbonyl (C=O) groups excluding carboxylic acids is 1. The number of pyridine rings is 1. The van der Waals surface area contributed by atoms with Gasteiger partial charge in [-0.2, -0.15) is 0 Å². The molecule has 1 saturated heterocycles. The summed E-state index contributed by atoms with van der Waals surface area (Å²) in [5.41, 5.74) is 1.83. The van der Waals surface area contributed by atoms with Crippen LogP contribution in [-0.4, -0.2) is 47.1 Å². The zero-order valence-corrected chi connectivity index (χ0v) is 13.7. The number of ether oxygens (including phenoxy) is 1. The van der Waals surface area contributed by atoms with E-state index in [9.17, 15) is 4.79 Å². The predicted octanol–water partition coefficient (Wildman–Crippen LogP) is 1.23. The Bertz CT molecular complexity index is 626. The number of carbonyl (C=O) groups is 1. The molecule has 0 aliphatic carbocycles. The second-order valence-corrected chi connectivity index (χ2v) is 6.38. The molecule has 0 aromatic carbocycles. The molecule has 0 atom stereocenters. The summed E-state index contributed by atoms with van der Waals surface area (Å²) in [5, 5.41) is 5.93. The van der Waals surface area contributed by atoms with E-state index in [0.717, 1.165) is 49.1 Å². The lowest BCUT2D eigenvalue weighted by Gasteiger charge is -2.25. The molecule has 0 radical (unpaired) electrons. The van der Waals surface area contributed by atoms with Gasteiger partial charge < -0.3 is 10.1 Å². The molecule has 0 unspecified atom stereocenters. The van der Waals surface area contributed by atoms with E-state index >= 15 is 0 Å². The van der Waals surface area contributed by atoms with E-state index in [-0.39, 0.29) is 5.91 Å². The molecule has 3 heterocycles. The van der Waals surface area contributed by atoms with Gasteiger partial charge in [0.25, 0.3) is 0 Å². The van der Waals surface area contributed by atoms with E-state index < -0.39 is 0 Å². The van der Waals surface area contributed by atoms with Crippen LogP contribution in [0.3, 0.4) is 0 Å². The number of nitrogens with one attached hydrogen (secondary N) is 1. The van der Waals surface area contributed by atoms with Crippen molar-refractivity contribution in [3.8, 4) is 0 Å². The lowest BCUT2D eigenvalue weighted by Crippen LogP contribution is -2.35. The Labute approximate surface area is 139 Å². The summed E-state index contributed by atoms with van der Waals surface area (Å²) in [6.45, 7) is 4.80. The van der Waals surface area contributed by atoms with Gasteiger partial charge in [0.2, 0.25) is 5.91 Å². The highest BCUT2D eigenvalue weighted by atomic mass is 32.1. The summed E-state index contributed by atoms with van der Waals surface area (Å²) in [7, 11) is 0. The molecule has 2 aromatic heterocycles. The first-order chi connectivity index (χ1) is 11.3. The lowest BCUT2D eigenvalue weighted by molar-refractivity contribution is -0.120. The highest BCUT2D eigenvalue weighted by Gasteiger charge is 2.13. The minimum Gasteiger partial charge on any atom is -0.379 e. The first kappa shape index (κ1) is 16.0. The molecule has 1 aliphatic heterocycles. The number of morpholine rings is 1. The second kappa shape index (κ2) is 8.14. The van der Waals surface area contributed by atoms with Crippen molar-refractivity contribution in [3.63, 3.8) is 0 Å². The number of hydrogen-bond acceptors (Lipinski definition) is 6. The number of thiazole rings is 1. The third-order valence-corrected chi connectivity index (χ3v) is 4.50. The summed E-state index contributed by atoms with van der Waals surface area (Å²) < 4.78 is 5.34. The summed E-state index contributed by atoms with van der Waals surface area (Å²) in [6, 6.07) is 3.80. The monoisotopic (exact) mass is 332 g/mol. The maximum atomic E-state index is 12.0. The van der Waals surface area contributed by atoms with Gasteiger partial charge in [0.1, 0.15) is 5.01 Å². The molecule has 3 rings (SSSR count). The minimum atomic E-state index is -0.0166. The largest absolute Gasteiger partial charge is 0.379 e. The average Bonchev–Trinajstić information content (AvgIpc) is 3.02. The first-order valence-corrected chi connectivity index (χ1v) is 8.56. The van der Waals surface area contributed by atoms with Gasteiger partial charge in [-0.3, -0.25) is 14.7 Å². The normalized spacial score (nSPS) is 15.5. The van der Waals surface area contributed by atoms with Gasteiger partial charge >= 0.3 is 0 Å². The number of nitrogens with zero attached hydrogens (tertiary/aromatic N) is 3. The highest BCUT2D eigenvalue weighted by molar-refractivity contribution is 7.09. The summed E-state index contributed by atoms with van der Waals surface area (Å²) in [4.78, 5) is 22.9. The first-order valence-electron chi connectivity index (χ1n) is 7.68. The van der Waals surface area contributed by atoms with Gasteiger partial charge in [-0.15, -0.1) is 11.3 Å². The number of hydrogen-bond donors (Lipinski definition) is 1. The van der Waals surface area contributed by atoms with Crippen LogP contribution in [0.4, 0.5) is 0 Å². The molecule has 1 aliphatic rings. The molecule has 6 nitrogen and oxygen atoms in total. The average molecular weight is 332 g/mol. The molecule has 23 heavy (non-hydrogen) atoms. The van der Waals surface area contributed by atoms with Gasteiger partial charge in [0, 0.05) is 37.4 Å². The molecule has 2 aromatic rings. The molecule has 0 saturated carbocycles. The standard InChI is InChI=1S/C16H20N4O2S/c21-15(18-10-13-2-1-3-17-9-13)8-14-12-23-16(19-14)11-20-4-6-22-7-5-20/h1-3,9,12H,4-8,10-11H2,(H,18,21). The van der Waals surface area contributed by atoms with Crippen LogP contribution in [0.1, 0.15) is 16.3 Å². The third kappa shape index (κ3) is 5.09. The number of amides is 1. The van der Waals surface area contributed by atoms with Crippen LogP contribution in [0.25, 0.3) is 0 Å². The molecule has 1 N–H and O–H groups in total. The zero-order valence-electron chi connectivity index (χ0n) is 12.9. The number of aromatic nitrogens is 2. The van der Waals surface area contributed by atoms with E-state index in [1.54, 1.807) is 23.7 Å². The molecule has 7 heteroatoms. The van der Waals surface area contributed by atoms with Crippen molar-refractivity contribution in [3.05, 3.63) is 46.2 Å². The van der Waals surface area contributed by atoms with E-state index in [2.05, 4.69) is 20.2 Å². The van der Waals surface area contributed by atoms with Gasteiger partial charge in [-0.25, -0.2) is 4.98 Å². The maximum Gasteiger partial charge on any atom is 0.226 e. The van der Waals surface area contributed by atoms with Crippen molar-refractivity contribution in [2.75, 3.05) is 26.3 Å². The molecule has 1 amide bonds. The molecule has 0 spiro atoms. The summed E-state index contributed by atoms with van der Waals surface area (Å²) in [5.74, 6) is -0.0166. The van der Waals surface area contributed by atoms with Crippen molar-refractivity contribution < 1.29 is 9.53 Å². The Morgan fingerprint density at radius 1 is 1.39 bits per heavy atom. The molecule has 1 fully saturated rings. The zero-order chi connectivity index (χ0) is 15.9. The van der Waals surface area contributed by atoms with Crippen molar-refractivity contribution in [2.24, 2.45) is 0 Å². The topological polar surface area (TPSA) is 67.4 Å². The maximum absolute atomic E-state index is 12.0. The fraction of sp³-hybridized carbons (Fsp3) is 0.438. The van der Waals surface area contributed by atoms with Crippen molar-refractivity contribution in [1.82, 2.24) is 20.2 Å². The van der Waals surface area contributed by atoms with Gasteiger partial charge in [0.15, 0.2) is 0 Å². The van der Waals surface area contributed by atoms with Crippen LogP contribution in [-0.2, 0) is 29.0 Å². The van der Waals surface area contributed by atoms with Crippen LogP contribution in [0, 0.1) is 0 Å². The van der Waals surface area contributed by atoms with Gasteiger partial charge in [-0.1, -0.05) is 6.07 Å². The van der Waals surface area contributed by atoms with Crippen molar-refractivity contribution in [1.29, 1.82) is 0 Å². The summed E-state index contributed by atoms with van der Waals surface area (Å²) in [6.07, 6.45) is 3.79. The number of rotatable bonds is 6. The second-order valence-electron chi connectivity index (χ2n) is 5.44. The molecule has 0 bridgehead atoms. The third-order valence-electron chi connectivity index (χ3n) is 3.62. The van der Waals surface area contributed by atoms with E-state index in [0.29, 0.717) is 13.0 Å². The minimum absolute atomic E-state index is 0.0166. The van der Waals surface area contributed by atoms with Gasteiger partial charge in [0.05, 0.1) is 31.9 Å². The fourth-order valence-corrected chi connectivity index (χ4v) is 3.22. The van der Waals surface area contributed by atoms with E-state index in [4.69, 9.17) is 4.74 Å². The van der Waals surface area contributed by atoms with Crippen molar-refractivity contribution >= 4 is 17.2 Å².